The first-order chi connectivity index (χ1) is 5.75. The number of esters is 1. The van der Waals surface area contributed by atoms with E-state index in [4.69, 9.17) is 4.74 Å². The largest absolute Gasteiger partial charge is 0.465 e. The van der Waals surface area contributed by atoms with Crippen LogP contribution in [0.2, 0.25) is 0 Å². The van der Waals surface area contributed by atoms with Crippen molar-refractivity contribution in [2.24, 2.45) is 0 Å². The maximum absolute atomic E-state index is 11.3. The standard InChI is InChI=1S/C9H17NO2/c1-3-12-9(11)8(2)10-6-4-5-7-10/h8H,3-7H2,1-2H3/t8-/m0/s1. The van der Waals surface area contributed by atoms with Gasteiger partial charge in [-0.15, -0.1) is 0 Å². The van der Waals surface area contributed by atoms with Crippen molar-refractivity contribution >= 4 is 5.97 Å². The molecule has 3 nitrogen and oxygen atoms in total. The highest BCUT2D eigenvalue weighted by Crippen LogP contribution is 2.12. The molecule has 0 aromatic heterocycles. The molecule has 0 N–H and O–H groups in total. The minimum atomic E-state index is -0.0839. The zero-order valence-electron chi connectivity index (χ0n) is 7.88. The molecule has 1 aliphatic rings. The molecule has 0 unspecified atom stereocenters. The SMILES string of the molecule is CCOC(=O)[C@H](C)N1CCCC1. The van der Waals surface area contributed by atoms with E-state index in [-0.39, 0.29) is 12.0 Å². The summed E-state index contributed by atoms with van der Waals surface area (Å²) in [6.45, 7) is 6.33. The van der Waals surface area contributed by atoms with Crippen LogP contribution < -0.4 is 0 Å². The fourth-order valence-corrected chi connectivity index (χ4v) is 1.54. The molecule has 0 aromatic rings. The average molecular weight is 171 g/mol. The van der Waals surface area contributed by atoms with Gasteiger partial charge >= 0.3 is 5.97 Å². The second kappa shape index (κ2) is 4.45. The zero-order valence-corrected chi connectivity index (χ0v) is 7.88. The molecule has 0 amide bonds. The predicted molar refractivity (Wildman–Crippen MR) is 46.9 cm³/mol. The first kappa shape index (κ1) is 9.52. The third-order valence-electron chi connectivity index (χ3n) is 2.32. The van der Waals surface area contributed by atoms with E-state index in [0.717, 1.165) is 13.1 Å². The van der Waals surface area contributed by atoms with Crippen LogP contribution in [0.15, 0.2) is 0 Å². The van der Waals surface area contributed by atoms with Crippen molar-refractivity contribution in [3.8, 4) is 0 Å². The van der Waals surface area contributed by atoms with Crippen LogP contribution in [0.25, 0.3) is 0 Å². The number of nitrogens with zero attached hydrogens (tertiary/aromatic N) is 1. The van der Waals surface area contributed by atoms with Gasteiger partial charge in [0.25, 0.3) is 0 Å². The first-order valence-corrected chi connectivity index (χ1v) is 4.66. The lowest BCUT2D eigenvalue weighted by Crippen LogP contribution is -2.37. The van der Waals surface area contributed by atoms with Crippen LogP contribution in [0.1, 0.15) is 26.7 Å². The number of hydrogen-bond acceptors (Lipinski definition) is 3. The third-order valence-corrected chi connectivity index (χ3v) is 2.32. The number of rotatable bonds is 3. The lowest BCUT2D eigenvalue weighted by Gasteiger charge is -2.21. The van der Waals surface area contributed by atoms with Crippen LogP contribution in [0, 0.1) is 0 Å². The maximum atomic E-state index is 11.3. The van der Waals surface area contributed by atoms with Crippen molar-refractivity contribution in [2.45, 2.75) is 32.7 Å². The summed E-state index contributed by atoms with van der Waals surface area (Å²) in [5.74, 6) is -0.0839. The van der Waals surface area contributed by atoms with Crippen molar-refractivity contribution in [3.63, 3.8) is 0 Å². The molecule has 0 aliphatic carbocycles. The van der Waals surface area contributed by atoms with E-state index in [1.54, 1.807) is 0 Å². The zero-order chi connectivity index (χ0) is 8.97. The molecule has 1 saturated heterocycles. The molecular weight excluding hydrogens is 154 g/mol. The Morgan fingerprint density at radius 2 is 2.08 bits per heavy atom. The van der Waals surface area contributed by atoms with E-state index in [2.05, 4.69) is 4.90 Å². The summed E-state index contributed by atoms with van der Waals surface area (Å²) in [5, 5.41) is 0. The second-order valence-electron chi connectivity index (χ2n) is 3.17. The van der Waals surface area contributed by atoms with E-state index < -0.39 is 0 Å². The Morgan fingerprint density at radius 3 is 2.58 bits per heavy atom. The number of carbonyl (C=O) groups excluding carboxylic acids is 1. The van der Waals surface area contributed by atoms with Crippen LogP contribution >= 0.6 is 0 Å². The molecule has 12 heavy (non-hydrogen) atoms. The number of hydrogen-bond donors (Lipinski definition) is 0. The van der Waals surface area contributed by atoms with Gasteiger partial charge in [-0.05, 0) is 39.8 Å². The van der Waals surface area contributed by atoms with E-state index in [9.17, 15) is 4.79 Å². The molecule has 0 saturated carbocycles. The van der Waals surface area contributed by atoms with Crippen LogP contribution in [0.5, 0.6) is 0 Å². The molecule has 1 rings (SSSR count). The highest BCUT2D eigenvalue weighted by Gasteiger charge is 2.24. The van der Waals surface area contributed by atoms with E-state index in [1.807, 2.05) is 13.8 Å². The normalized spacial score (nSPS) is 20.8. The van der Waals surface area contributed by atoms with Crippen molar-refractivity contribution in [2.75, 3.05) is 19.7 Å². The Kier molecular flexibility index (Phi) is 3.53. The minimum Gasteiger partial charge on any atom is -0.465 e. The van der Waals surface area contributed by atoms with Gasteiger partial charge in [0.2, 0.25) is 0 Å². The number of ether oxygens (including phenoxy) is 1. The minimum absolute atomic E-state index is 0.0487. The van der Waals surface area contributed by atoms with Gasteiger partial charge in [0.1, 0.15) is 6.04 Å². The molecule has 1 aliphatic heterocycles. The van der Waals surface area contributed by atoms with Crippen molar-refractivity contribution in [1.82, 2.24) is 4.90 Å². The topological polar surface area (TPSA) is 29.5 Å². The van der Waals surface area contributed by atoms with Crippen LogP contribution in [-0.4, -0.2) is 36.6 Å². The smallest absolute Gasteiger partial charge is 0.323 e. The summed E-state index contributed by atoms with van der Waals surface area (Å²) < 4.78 is 4.94. The molecule has 0 radical (unpaired) electrons. The summed E-state index contributed by atoms with van der Waals surface area (Å²) >= 11 is 0. The lowest BCUT2D eigenvalue weighted by molar-refractivity contribution is -0.148. The Labute approximate surface area is 73.7 Å². The highest BCUT2D eigenvalue weighted by molar-refractivity contribution is 5.75. The second-order valence-corrected chi connectivity index (χ2v) is 3.17. The van der Waals surface area contributed by atoms with Gasteiger partial charge in [-0.3, -0.25) is 9.69 Å². The predicted octanol–water partition coefficient (Wildman–Crippen LogP) is 1.03. The van der Waals surface area contributed by atoms with E-state index in [1.165, 1.54) is 12.8 Å². The number of carbonyl (C=O) groups is 1. The van der Waals surface area contributed by atoms with Gasteiger partial charge in [-0.2, -0.15) is 0 Å². The summed E-state index contributed by atoms with van der Waals surface area (Å²) in [5.41, 5.74) is 0. The molecular formula is C9H17NO2. The fourth-order valence-electron chi connectivity index (χ4n) is 1.54. The Bertz CT molecular complexity index is 153. The maximum Gasteiger partial charge on any atom is 0.323 e. The molecule has 1 fully saturated rings. The fraction of sp³-hybridized carbons (Fsp3) is 0.889. The highest BCUT2D eigenvalue weighted by atomic mass is 16.5. The quantitative estimate of drug-likeness (QED) is 0.594. The van der Waals surface area contributed by atoms with Crippen LogP contribution in [-0.2, 0) is 9.53 Å². The Morgan fingerprint density at radius 1 is 1.50 bits per heavy atom. The molecule has 1 heterocycles. The Balaban J connectivity index is 2.34. The van der Waals surface area contributed by atoms with Crippen molar-refractivity contribution < 1.29 is 9.53 Å². The monoisotopic (exact) mass is 171 g/mol. The van der Waals surface area contributed by atoms with Crippen molar-refractivity contribution in [1.29, 1.82) is 0 Å². The Hall–Kier alpha value is -0.570. The summed E-state index contributed by atoms with van der Waals surface area (Å²) in [6.07, 6.45) is 2.42. The third kappa shape index (κ3) is 2.21. The summed E-state index contributed by atoms with van der Waals surface area (Å²) in [7, 11) is 0. The number of likely N-dealkylation sites (tertiary alicyclic amines) is 1. The van der Waals surface area contributed by atoms with Crippen LogP contribution in [0.4, 0.5) is 0 Å². The molecule has 0 spiro atoms. The van der Waals surface area contributed by atoms with Gasteiger partial charge < -0.3 is 4.74 Å². The van der Waals surface area contributed by atoms with Gasteiger partial charge in [0, 0.05) is 0 Å². The first-order valence-electron chi connectivity index (χ1n) is 4.66. The van der Waals surface area contributed by atoms with Gasteiger partial charge in [0.15, 0.2) is 0 Å². The van der Waals surface area contributed by atoms with E-state index >= 15 is 0 Å². The summed E-state index contributed by atoms with van der Waals surface area (Å²) in [6, 6.07) is -0.0487. The average Bonchev–Trinajstić information content (AvgIpc) is 2.55. The summed E-state index contributed by atoms with van der Waals surface area (Å²) in [4.78, 5) is 13.4. The molecule has 70 valence electrons. The lowest BCUT2D eigenvalue weighted by atomic mass is 10.3. The van der Waals surface area contributed by atoms with Crippen LogP contribution in [0.3, 0.4) is 0 Å². The van der Waals surface area contributed by atoms with E-state index in [0.29, 0.717) is 6.61 Å². The van der Waals surface area contributed by atoms with Gasteiger partial charge in [0.05, 0.1) is 6.61 Å². The van der Waals surface area contributed by atoms with Gasteiger partial charge in [-0.1, -0.05) is 0 Å². The molecule has 1 atom stereocenters. The van der Waals surface area contributed by atoms with Crippen molar-refractivity contribution in [3.05, 3.63) is 0 Å². The van der Waals surface area contributed by atoms with Gasteiger partial charge in [-0.25, -0.2) is 0 Å². The molecule has 3 heteroatoms. The molecule has 0 aromatic carbocycles. The molecule has 0 bridgehead atoms.